The van der Waals surface area contributed by atoms with Crippen molar-refractivity contribution in [3.8, 4) is 11.5 Å². The molecular weight excluding hydrogens is 752 g/mol. The molecule has 2 unspecified atom stereocenters. The summed E-state index contributed by atoms with van der Waals surface area (Å²) in [5.74, 6) is 2.30. The number of benzene rings is 4. The fourth-order valence-electron chi connectivity index (χ4n) is 7.56. The summed E-state index contributed by atoms with van der Waals surface area (Å²) in [5.41, 5.74) is 7.26. The van der Waals surface area contributed by atoms with Crippen molar-refractivity contribution < 1.29 is 29.2 Å². The lowest BCUT2D eigenvalue weighted by molar-refractivity contribution is -0.140. The molecule has 0 radical (unpaired) electrons. The minimum Gasteiger partial charge on any atom is -0.497 e. The van der Waals surface area contributed by atoms with E-state index in [1.165, 1.54) is 45.6 Å². The normalized spacial score (nSPS) is 16.9. The van der Waals surface area contributed by atoms with E-state index in [1.807, 2.05) is 24.3 Å². The quantitative estimate of drug-likeness (QED) is 0.0614. The second kappa shape index (κ2) is 23.8. The number of carbonyl (C=O) groups is 1. The number of esters is 1. The van der Waals surface area contributed by atoms with Crippen molar-refractivity contribution >= 4 is 29.5 Å². The summed E-state index contributed by atoms with van der Waals surface area (Å²) in [5, 5.41) is 21.2. The maximum Gasteiger partial charge on any atom is 0.306 e. The predicted molar refractivity (Wildman–Crippen MR) is 234 cm³/mol. The SMILES string of the molecule is COC(=O)CCSc1ccc(CCCCN2CCc3cc(OC)ccc3C(O)C2)cc1.COc1ccc2c(c1)CCN(CCCCc1ccc(S[11CH3])cc1)CC2O. The van der Waals surface area contributed by atoms with Crippen molar-refractivity contribution in [2.45, 2.75) is 79.8 Å². The zero-order valence-corrected chi connectivity index (χ0v) is 35.9. The number of aliphatic hydroxyl groups is 2. The third-order valence-corrected chi connectivity index (χ3v) is 12.7. The number of unbranched alkanes of at least 4 members (excludes halogenated alkanes) is 2. The predicted octanol–water partition coefficient (Wildman–Crippen LogP) is 8.60. The molecule has 2 N–H and O–H groups in total. The highest BCUT2D eigenvalue weighted by Crippen LogP contribution is 2.29. The molecule has 308 valence electrons. The number of aliphatic hydroxyl groups excluding tert-OH is 2. The third-order valence-electron chi connectivity index (χ3n) is 10.9. The smallest absolute Gasteiger partial charge is 0.306 e. The molecule has 2 heterocycles. The minimum atomic E-state index is -0.437. The summed E-state index contributed by atoms with van der Waals surface area (Å²) < 4.78 is 15.3. The van der Waals surface area contributed by atoms with Gasteiger partial charge in [0, 0.05) is 41.7 Å². The van der Waals surface area contributed by atoms with E-state index in [-0.39, 0.29) is 5.97 Å². The molecule has 2 aliphatic heterocycles. The molecule has 57 heavy (non-hydrogen) atoms. The Labute approximate surface area is 349 Å². The van der Waals surface area contributed by atoms with Crippen LogP contribution in [0.15, 0.2) is 94.7 Å². The number of hydrogen-bond acceptors (Lipinski definition) is 10. The van der Waals surface area contributed by atoms with Crippen molar-refractivity contribution in [1.29, 1.82) is 0 Å². The van der Waals surface area contributed by atoms with Crippen LogP contribution in [0.3, 0.4) is 0 Å². The van der Waals surface area contributed by atoms with Crippen LogP contribution in [0.5, 0.6) is 11.5 Å². The number of thioether (sulfide) groups is 2. The lowest BCUT2D eigenvalue weighted by Gasteiger charge is -2.22. The van der Waals surface area contributed by atoms with Gasteiger partial charge in [0.15, 0.2) is 0 Å². The highest BCUT2D eigenvalue weighted by Gasteiger charge is 2.23. The second-order valence-electron chi connectivity index (χ2n) is 14.8. The molecule has 0 fully saturated rings. The molecule has 4 aromatic carbocycles. The molecule has 0 bridgehead atoms. The van der Waals surface area contributed by atoms with Crippen LogP contribution in [-0.4, -0.2) is 98.6 Å². The van der Waals surface area contributed by atoms with Gasteiger partial charge in [-0.15, -0.1) is 23.5 Å². The second-order valence-corrected chi connectivity index (χ2v) is 16.9. The van der Waals surface area contributed by atoms with Crippen LogP contribution in [0.4, 0.5) is 0 Å². The number of rotatable bonds is 17. The molecule has 0 aliphatic carbocycles. The van der Waals surface area contributed by atoms with Gasteiger partial charge in [0.05, 0.1) is 40.0 Å². The van der Waals surface area contributed by atoms with E-state index in [9.17, 15) is 15.0 Å². The fourth-order valence-corrected chi connectivity index (χ4v) is 8.80. The zero-order chi connectivity index (χ0) is 40.4. The third kappa shape index (κ3) is 14.4. The Kier molecular flexibility index (Phi) is 18.6. The van der Waals surface area contributed by atoms with E-state index in [4.69, 9.17) is 9.47 Å². The van der Waals surface area contributed by atoms with Crippen molar-refractivity contribution in [2.24, 2.45) is 0 Å². The Morgan fingerprint density at radius 2 is 1.14 bits per heavy atom. The monoisotopic (exact) mass is 813 g/mol. The summed E-state index contributed by atoms with van der Waals surface area (Å²) in [6, 6.07) is 29.5. The van der Waals surface area contributed by atoms with Gasteiger partial charge in [-0.3, -0.25) is 4.79 Å². The summed E-state index contributed by atoms with van der Waals surface area (Å²) in [4.78, 5) is 18.5. The molecule has 0 saturated carbocycles. The number of hydrogen-bond donors (Lipinski definition) is 2. The standard InChI is InChI=1S/C25H33NO4S.C22H29NO2S/c1-29-21-8-11-23-20(17-21)12-15-26(18-24(23)27)14-4-3-5-19-6-9-22(10-7-19)31-16-13-25(28)30-2;1-25-19-8-11-21-18(15-19)12-14-23(16-22(21)24)13-4-3-5-17-6-9-20(26-2)10-7-17/h6-11,17,24,27H,3-5,12-16,18H2,1-2H3;6-11,15,22,24H,3-5,12-14,16H2,1-2H3/i;2-1. The summed E-state index contributed by atoms with van der Waals surface area (Å²) in [6.45, 7) is 5.43. The zero-order valence-electron chi connectivity index (χ0n) is 34.3. The van der Waals surface area contributed by atoms with Gasteiger partial charge in [0.1, 0.15) is 11.5 Å². The van der Waals surface area contributed by atoms with Gasteiger partial charge in [0.2, 0.25) is 0 Å². The van der Waals surface area contributed by atoms with Crippen molar-refractivity contribution in [3.05, 3.63) is 118 Å². The summed E-state index contributed by atoms with van der Waals surface area (Å²) in [6.07, 6.45) is 10.4. The van der Waals surface area contributed by atoms with Crippen LogP contribution in [-0.2, 0) is 35.2 Å². The first kappa shape index (κ1) is 44.6. The fraction of sp³-hybridized carbons (Fsp3) is 0.468. The molecule has 0 aromatic heterocycles. The van der Waals surface area contributed by atoms with Crippen LogP contribution < -0.4 is 9.47 Å². The van der Waals surface area contributed by atoms with E-state index in [2.05, 4.69) is 81.5 Å². The Morgan fingerprint density at radius 1 is 0.667 bits per heavy atom. The molecule has 10 heteroatoms. The van der Waals surface area contributed by atoms with Gasteiger partial charge in [-0.2, -0.15) is 0 Å². The van der Waals surface area contributed by atoms with Crippen LogP contribution >= 0.6 is 23.5 Å². The lowest BCUT2D eigenvalue weighted by Crippen LogP contribution is -2.29. The topological polar surface area (TPSA) is 91.7 Å². The van der Waals surface area contributed by atoms with Gasteiger partial charge < -0.3 is 34.2 Å². The molecule has 2 aliphatic rings. The molecule has 0 saturated heterocycles. The van der Waals surface area contributed by atoms with Crippen molar-refractivity contribution in [1.82, 2.24) is 9.80 Å². The molecule has 0 spiro atoms. The maximum atomic E-state index is 11.2. The summed E-state index contributed by atoms with van der Waals surface area (Å²) >= 11 is 3.47. The number of nitrogens with zero attached hydrogens (tertiary/aromatic N) is 2. The molecular formula is C47H62N2O6S2. The first-order chi connectivity index (χ1) is 27.8. The first-order valence-corrected chi connectivity index (χ1v) is 22.6. The number of fused-ring (bicyclic) bond motifs is 2. The highest BCUT2D eigenvalue weighted by atomic mass is 32.2. The van der Waals surface area contributed by atoms with Gasteiger partial charge in [-0.1, -0.05) is 36.4 Å². The van der Waals surface area contributed by atoms with Crippen LogP contribution in [0.2, 0.25) is 0 Å². The minimum absolute atomic E-state index is 0.162. The average Bonchev–Trinajstić information content (AvgIpc) is 3.51. The van der Waals surface area contributed by atoms with E-state index < -0.39 is 12.2 Å². The van der Waals surface area contributed by atoms with Gasteiger partial charge in [0.25, 0.3) is 0 Å². The van der Waals surface area contributed by atoms with E-state index in [0.717, 1.165) is 106 Å². The number of methoxy groups -OCH3 is 3. The number of aryl methyl sites for hydroxylation is 2. The van der Waals surface area contributed by atoms with Crippen molar-refractivity contribution in [3.63, 3.8) is 0 Å². The molecule has 6 rings (SSSR count). The number of ether oxygens (including phenoxy) is 3. The van der Waals surface area contributed by atoms with E-state index in [0.29, 0.717) is 13.0 Å². The number of carbonyl (C=O) groups excluding carboxylic acids is 1. The Morgan fingerprint density at radius 3 is 1.58 bits per heavy atom. The van der Waals surface area contributed by atoms with E-state index >= 15 is 0 Å². The lowest BCUT2D eigenvalue weighted by atomic mass is 10.0. The van der Waals surface area contributed by atoms with Crippen LogP contribution in [0, 0.1) is 0 Å². The number of β-amino-alcohol motifs (C(OH)–C–C–N with tert-alkyl or cyclic N) is 2. The molecule has 4 aromatic rings. The first-order valence-electron chi connectivity index (χ1n) is 20.3. The Balaban J connectivity index is 0.000000221. The largest absolute Gasteiger partial charge is 0.497 e. The van der Waals surface area contributed by atoms with Crippen LogP contribution in [0.1, 0.15) is 77.7 Å². The van der Waals surface area contributed by atoms with Gasteiger partial charge in [-0.05, 0) is 153 Å². The maximum absolute atomic E-state index is 11.2. The Bertz CT molecular complexity index is 1810. The summed E-state index contributed by atoms with van der Waals surface area (Å²) in [7, 11) is 4.79. The van der Waals surface area contributed by atoms with Crippen molar-refractivity contribution in [2.75, 3.05) is 72.6 Å². The highest BCUT2D eigenvalue weighted by molar-refractivity contribution is 7.99. The Hall–Kier alpha value is -3.51. The molecule has 8 nitrogen and oxygen atoms in total. The van der Waals surface area contributed by atoms with Gasteiger partial charge in [-0.25, -0.2) is 0 Å². The van der Waals surface area contributed by atoms with Gasteiger partial charge >= 0.3 is 5.97 Å². The average molecular weight is 814 g/mol. The molecule has 0 amide bonds. The molecule has 2 atom stereocenters. The van der Waals surface area contributed by atoms with Crippen LogP contribution in [0.25, 0.3) is 0 Å². The van der Waals surface area contributed by atoms with E-state index in [1.54, 1.807) is 37.7 Å².